The molecule has 2 aromatic rings. The normalized spacial score (nSPS) is 14.3. The lowest BCUT2D eigenvalue weighted by atomic mass is 10.2. The van der Waals surface area contributed by atoms with Crippen molar-refractivity contribution in [2.24, 2.45) is 10.2 Å². The monoisotopic (exact) mass is 393 g/mol. The quantitative estimate of drug-likeness (QED) is 0.468. The van der Waals surface area contributed by atoms with Gasteiger partial charge in [0, 0.05) is 18.8 Å². The van der Waals surface area contributed by atoms with Gasteiger partial charge in [-0.3, -0.25) is 4.55 Å². The molecule has 0 aliphatic carbocycles. The zero-order chi connectivity index (χ0) is 20.0. The molecular weight excluding hydrogens is 370 g/mol. The van der Waals surface area contributed by atoms with E-state index in [9.17, 15) is 18.6 Å². The molecule has 0 saturated carbocycles. The molecule has 2 rings (SSSR count). The van der Waals surface area contributed by atoms with Crippen LogP contribution in [0.3, 0.4) is 0 Å². The Kier molecular flexibility index (Phi) is 7.03. The van der Waals surface area contributed by atoms with E-state index < -0.39 is 22.3 Å². The minimum atomic E-state index is -4.23. The molecule has 3 N–H and O–H groups in total. The molecule has 2 atom stereocenters. The minimum Gasteiger partial charge on any atom is -0.392 e. The summed E-state index contributed by atoms with van der Waals surface area (Å²) in [7, 11) is -4.23. The van der Waals surface area contributed by atoms with Gasteiger partial charge in [-0.15, -0.1) is 0 Å². The van der Waals surface area contributed by atoms with Crippen molar-refractivity contribution in [1.29, 1.82) is 0 Å². The van der Waals surface area contributed by atoms with Gasteiger partial charge in [-0.1, -0.05) is 0 Å². The maximum absolute atomic E-state index is 11.0. The van der Waals surface area contributed by atoms with E-state index in [-0.39, 0.29) is 4.90 Å². The fourth-order valence-electron chi connectivity index (χ4n) is 2.45. The van der Waals surface area contributed by atoms with Gasteiger partial charge in [-0.2, -0.15) is 18.6 Å². The predicted molar refractivity (Wildman–Crippen MR) is 102 cm³/mol. The van der Waals surface area contributed by atoms with E-state index in [1.165, 1.54) is 24.3 Å². The number of aliphatic hydroxyl groups is 2. The Morgan fingerprint density at radius 3 is 1.63 bits per heavy atom. The van der Waals surface area contributed by atoms with Crippen molar-refractivity contribution < 1.29 is 23.2 Å². The van der Waals surface area contributed by atoms with Crippen LogP contribution in [0.25, 0.3) is 0 Å². The largest absolute Gasteiger partial charge is 0.392 e. The smallest absolute Gasteiger partial charge is 0.294 e. The van der Waals surface area contributed by atoms with Gasteiger partial charge in [0.15, 0.2) is 0 Å². The van der Waals surface area contributed by atoms with Crippen LogP contribution in [-0.4, -0.2) is 48.5 Å². The topological polar surface area (TPSA) is 123 Å². The second kappa shape index (κ2) is 9.05. The van der Waals surface area contributed by atoms with Crippen LogP contribution >= 0.6 is 0 Å². The van der Waals surface area contributed by atoms with Crippen molar-refractivity contribution in [3.05, 3.63) is 48.5 Å². The average Bonchev–Trinajstić information content (AvgIpc) is 2.58. The molecule has 0 amide bonds. The fraction of sp³-hybridized carbons (Fsp3) is 0.333. The number of hydrogen-bond donors (Lipinski definition) is 3. The second-order valence-corrected chi connectivity index (χ2v) is 7.71. The van der Waals surface area contributed by atoms with Crippen LogP contribution in [0.1, 0.15) is 13.8 Å². The van der Waals surface area contributed by atoms with E-state index in [1.54, 1.807) is 26.0 Å². The Morgan fingerprint density at radius 1 is 0.852 bits per heavy atom. The molecule has 2 aromatic carbocycles. The molecule has 0 bridgehead atoms. The highest BCUT2D eigenvalue weighted by atomic mass is 32.2. The highest BCUT2D eigenvalue weighted by Crippen LogP contribution is 2.23. The zero-order valence-electron chi connectivity index (χ0n) is 15.1. The molecule has 146 valence electrons. The molecule has 27 heavy (non-hydrogen) atoms. The van der Waals surface area contributed by atoms with Gasteiger partial charge in [-0.05, 0) is 62.4 Å². The maximum atomic E-state index is 11.0. The molecule has 0 spiro atoms. The molecule has 8 nitrogen and oxygen atoms in total. The molecule has 0 radical (unpaired) electrons. The van der Waals surface area contributed by atoms with E-state index >= 15 is 0 Å². The maximum Gasteiger partial charge on any atom is 0.294 e. The third-order valence-electron chi connectivity index (χ3n) is 3.60. The Balaban J connectivity index is 2.11. The summed E-state index contributed by atoms with van der Waals surface area (Å²) in [6, 6.07) is 12.5. The summed E-state index contributed by atoms with van der Waals surface area (Å²) in [4.78, 5) is 1.67. The molecule has 9 heteroatoms. The zero-order valence-corrected chi connectivity index (χ0v) is 15.9. The van der Waals surface area contributed by atoms with Gasteiger partial charge in [0.05, 0.1) is 28.5 Å². The van der Waals surface area contributed by atoms with Crippen molar-refractivity contribution in [1.82, 2.24) is 0 Å². The van der Waals surface area contributed by atoms with Crippen LogP contribution in [0.2, 0.25) is 0 Å². The van der Waals surface area contributed by atoms with Gasteiger partial charge < -0.3 is 15.1 Å². The van der Waals surface area contributed by atoms with Crippen LogP contribution in [0.15, 0.2) is 63.7 Å². The summed E-state index contributed by atoms with van der Waals surface area (Å²) < 4.78 is 31.0. The number of aliphatic hydroxyl groups excluding tert-OH is 2. The summed E-state index contributed by atoms with van der Waals surface area (Å²) in [5.74, 6) is 0. The Morgan fingerprint density at radius 2 is 1.26 bits per heavy atom. The lowest BCUT2D eigenvalue weighted by Crippen LogP contribution is -2.36. The molecule has 0 heterocycles. The Labute approximate surface area is 158 Å². The second-order valence-electron chi connectivity index (χ2n) is 6.29. The van der Waals surface area contributed by atoms with Crippen LogP contribution in [-0.2, 0) is 10.1 Å². The lowest BCUT2D eigenvalue weighted by Gasteiger charge is -2.27. The number of benzene rings is 2. The van der Waals surface area contributed by atoms with Gasteiger partial charge in [0.25, 0.3) is 10.1 Å². The average molecular weight is 393 g/mol. The number of hydrogen-bond acceptors (Lipinski definition) is 7. The van der Waals surface area contributed by atoms with Crippen LogP contribution in [0, 0.1) is 0 Å². The van der Waals surface area contributed by atoms with Gasteiger partial charge >= 0.3 is 0 Å². The first kappa shape index (κ1) is 21.0. The van der Waals surface area contributed by atoms with Gasteiger partial charge in [0.1, 0.15) is 0 Å². The molecule has 0 saturated heterocycles. The summed E-state index contributed by atoms with van der Waals surface area (Å²) in [5.41, 5.74) is 1.87. The Bertz CT molecular complexity index is 853. The van der Waals surface area contributed by atoms with Crippen LogP contribution in [0.4, 0.5) is 17.1 Å². The van der Waals surface area contributed by atoms with Crippen molar-refractivity contribution in [2.75, 3.05) is 18.0 Å². The number of azo groups is 1. The SMILES string of the molecule is CC(O)CN(CC(C)O)c1ccc(N=Nc2ccc(S(=O)(=O)O)cc2)cc1. The first-order chi connectivity index (χ1) is 12.6. The molecule has 0 aromatic heterocycles. The highest BCUT2D eigenvalue weighted by Gasteiger charge is 2.12. The third kappa shape index (κ3) is 6.72. The van der Waals surface area contributed by atoms with Crippen molar-refractivity contribution in [2.45, 2.75) is 31.0 Å². The predicted octanol–water partition coefficient (Wildman–Crippen LogP) is 2.92. The first-order valence-corrected chi connectivity index (χ1v) is 9.79. The van der Waals surface area contributed by atoms with Gasteiger partial charge in [-0.25, -0.2) is 0 Å². The molecule has 2 unspecified atom stereocenters. The molecule has 0 aliphatic rings. The van der Waals surface area contributed by atoms with E-state index in [1.807, 2.05) is 17.0 Å². The van der Waals surface area contributed by atoms with Crippen molar-refractivity contribution in [3.8, 4) is 0 Å². The molecule has 0 fully saturated rings. The lowest BCUT2D eigenvalue weighted by molar-refractivity contribution is 0.178. The summed E-state index contributed by atoms with van der Waals surface area (Å²) in [6.45, 7) is 4.16. The summed E-state index contributed by atoms with van der Waals surface area (Å²) in [5, 5.41) is 27.4. The Hall–Kier alpha value is -2.33. The summed E-state index contributed by atoms with van der Waals surface area (Å²) in [6.07, 6.45) is -1.07. The van der Waals surface area contributed by atoms with E-state index in [0.29, 0.717) is 24.5 Å². The standard InChI is InChI=1S/C18H23N3O5S/c1-13(22)11-21(12-14(2)23)17-7-3-15(4-8-17)19-20-16-5-9-18(10-6-16)27(24,25)26/h3-10,13-14,22-23H,11-12H2,1-2H3,(H,24,25,26). The first-order valence-electron chi connectivity index (χ1n) is 8.35. The van der Waals surface area contributed by atoms with Crippen LogP contribution < -0.4 is 4.90 Å². The van der Waals surface area contributed by atoms with E-state index in [2.05, 4.69) is 10.2 Å². The molecular formula is C18H23N3O5S. The number of nitrogens with zero attached hydrogens (tertiary/aromatic N) is 3. The van der Waals surface area contributed by atoms with Crippen molar-refractivity contribution >= 4 is 27.2 Å². The summed E-state index contributed by atoms with van der Waals surface area (Å²) >= 11 is 0. The van der Waals surface area contributed by atoms with E-state index in [4.69, 9.17) is 4.55 Å². The number of anilines is 1. The van der Waals surface area contributed by atoms with Crippen LogP contribution in [0.5, 0.6) is 0 Å². The minimum absolute atomic E-state index is 0.206. The highest BCUT2D eigenvalue weighted by molar-refractivity contribution is 7.85. The van der Waals surface area contributed by atoms with Gasteiger partial charge in [0.2, 0.25) is 0 Å². The van der Waals surface area contributed by atoms with Crippen molar-refractivity contribution in [3.63, 3.8) is 0 Å². The third-order valence-corrected chi connectivity index (χ3v) is 4.47. The molecule has 0 aliphatic heterocycles. The van der Waals surface area contributed by atoms with E-state index in [0.717, 1.165) is 5.69 Å². The fourth-order valence-corrected chi connectivity index (χ4v) is 2.93. The number of rotatable bonds is 8.